The monoisotopic (exact) mass is 229 g/mol. The van der Waals surface area contributed by atoms with Gasteiger partial charge in [-0.05, 0) is 11.6 Å². The highest BCUT2D eigenvalue weighted by Gasteiger charge is 2.08. The Bertz CT molecular complexity index is 326. The standard InChI is InChI=1S/C11H15NO2.ClH/c1-8(2)12-7-9-5-3-4-6-10(9)11(13)14;/h3-6,8,12H,7H2,1-2H3,(H,13,14);1H. The van der Waals surface area contributed by atoms with Crippen molar-refractivity contribution in [1.82, 2.24) is 5.32 Å². The predicted octanol–water partition coefficient (Wildman–Crippen LogP) is 2.30. The third-order valence-electron chi connectivity index (χ3n) is 1.95. The SMILES string of the molecule is CC(C)NCc1ccccc1C(=O)O.Cl. The van der Waals surface area contributed by atoms with E-state index < -0.39 is 5.97 Å². The van der Waals surface area contributed by atoms with Gasteiger partial charge in [0.15, 0.2) is 0 Å². The summed E-state index contributed by atoms with van der Waals surface area (Å²) in [6.45, 7) is 4.66. The van der Waals surface area contributed by atoms with Gasteiger partial charge in [0.05, 0.1) is 5.56 Å². The molecule has 0 atom stereocenters. The van der Waals surface area contributed by atoms with Crippen LogP contribution in [0.4, 0.5) is 0 Å². The van der Waals surface area contributed by atoms with Gasteiger partial charge in [-0.15, -0.1) is 12.4 Å². The average molecular weight is 230 g/mol. The minimum atomic E-state index is -0.869. The predicted molar refractivity (Wildman–Crippen MR) is 62.6 cm³/mol. The lowest BCUT2D eigenvalue weighted by atomic mass is 10.1. The molecule has 0 saturated carbocycles. The fraction of sp³-hybridized carbons (Fsp3) is 0.364. The fourth-order valence-corrected chi connectivity index (χ4v) is 1.20. The lowest BCUT2D eigenvalue weighted by Gasteiger charge is -2.09. The summed E-state index contributed by atoms with van der Waals surface area (Å²) in [4.78, 5) is 10.8. The van der Waals surface area contributed by atoms with Gasteiger partial charge in [0.25, 0.3) is 0 Å². The van der Waals surface area contributed by atoms with Gasteiger partial charge in [-0.3, -0.25) is 0 Å². The molecule has 0 amide bonds. The molecule has 1 aromatic rings. The fourth-order valence-electron chi connectivity index (χ4n) is 1.20. The van der Waals surface area contributed by atoms with Crippen molar-refractivity contribution in [3.05, 3.63) is 35.4 Å². The first-order valence-electron chi connectivity index (χ1n) is 4.66. The molecule has 0 heterocycles. The Balaban J connectivity index is 0.00000196. The van der Waals surface area contributed by atoms with E-state index in [9.17, 15) is 4.79 Å². The average Bonchev–Trinajstić information content (AvgIpc) is 2.15. The lowest BCUT2D eigenvalue weighted by Crippen LogP contribution is -2.23. The minimum Gasteiger partial charge on any atom is -0.478 e. The van der Waals surface area contributed by atoms with Crippen LogP contribution in [0.25, 0.3) is 0 Å². The Morgan fingerprint density at radius 3 is 2.53 bits per heavy atom. The molecule has 0 radical (unpaired) electrons. The maximum Gasteiger partial charge on any atom is 0.336 e. The molecule has 2 N–H and O–H groups in total. The first-order valence-corrected chi connectivity index (χ1v) is 4.66. The van der Waals surface area contributed by atoms with Gasteiger partial charge < -0.3 is 10.4 Å². The number of hydrogen-bond donors (Lipinski definition) is 2. The molecular formula is C11H16ClNO2. The third-order valence-corrected chi connectivity index (χ3v) is 1.95. The van der Waals surface area contributed by atoms with Crippen molar-refractivity contribution < 1.29 is 9.90 Å². The number of nitrogens with one attached hydrogen (secondary N) is 1. The van der Waals surface area contributed by atoms with Crippen molar-refractivity contribution in [2.45, 2.75) is 26.4 Å². The number of carboxylic acids is 1. The van der Waals surface area contributed by atoms with Crippen LogP contribution in [0.2, 0.25) is 0 Å². The second kappa shape index (κ2) is 6.43. The number of aromatic carboxylic acids is 1. The van der Waals surface area contributed by atoms with Crippen LogP contribution in [0.3, 0.4) is 0 Å². The highest BCUT2D eigenvalue weighted by Crippen LogP contribution is 2.08. The van der Waals surface area contributed by atoms with Gasteiger partial charge in [0.2, 0.25) is 0 Å². The van der Waals surface area contributed by atoms with Gasteiger partial charge in [0.1, 0.15) is 0 Å². The molecule has 4 heteroatoms. The maximum atomic E-state index is 10.8. The number of halogens is 1. The van der Waals surface area contributed by atoms with E-state index in [0.717, 1.165) is 5.56 Å². The summed E-state index contributed by atoms with van der Waals surface area (Å²) in [5.41, 5.74) is 1.20. The Labute approximate surface area is 95.9 Å². The second-order valence-electron chi connectivity index (χ2n) is 3.50. The molecule has 0 spiro atoms. The molecule has 1 aromatic carbocycles. The summed E-state index contributed by atoms with van der Waals surface area (Å²) in [6.07, 6.45) is 0. The quantitative estimate of drug-likeness (QED) is 0.833. The van der Waals surface area contributed by atoms with Crippen LogP contribution in [0.5, 0.6) is 0 Å². The first-order chi connectivity index (χ1) is 6.61. The van der Waals surface area contributed by atoms with E-state index in [0.29, 0.717) is 18.2 Å². The Kier molecular flexibility index (Phi) is 5.97. The molecule has 15 heavy (non-hydrogen) atoms. The van der Waals surface area contributed by atoms with E-state index in [1.165, 1.54) is 0 Å². The van der Waals surface area contributed by atoms with Gasteiger partial charge >= 0.3 is 5.97 Å². The summed E-state index contributed by atoms with van der Waals surface area (Å²) < 4.78 is 0. The van der Waals surface area contributed by atoms with E-state index in [-0.39, 0.29) is 12.4 Å². The molecule has 84 valence electrons. The molecule has 0 aliphatic rings. The van der Waals surface area contributed by atoms with E-state index in [2.05, 4.69) is 5.32 Å². The summed E-state index contributed by atoms with van der Waals surface area (Å²) in [7, 11) is 0. The molecule has 0 saturated heterocycles. The van der Waals surface area contributed by atoms with Crippen LogP contribution in [-0.2, 0) is 6.54 Å². The summed E-state index contributed by atoms with van der Waals surface area (Å²) in [5.74, 6) is -0.869. The number of hydrogen-bond acceptors (Lipinski definition) is 2. The summed E-state index contributed by atoms with van der Waals surface area (Å²) in [5, 5.41) is 12.1. The molecule has 1 rings (SSSR count). The highest BCUT2D eigenvalue weighted by molar-refractivity contribution is 5.89. The molecule has 3 nitrogen and oxygen atoms in total. The molecule has 0 aliphatic carbocycles. The van der Waals surface area contributed by atoms with Crippen molar-refractivity contribution >= 4 is 18.4 Å². The topological polar surface area (TPSA) is 49.3 Å². The van der Waals surface area contributed by atoms with Crippen LogP contribution >= 0.6 is 12.4 Å². The van der Waals surface area contributed by atoms with E-state index in [4.69, 9.17) is 5.11 Å². The van der Waals surface area contributed by atoms with Gasteiger partial charge in [-0.1, -0.05) is 32.0 Å². The minimum absolute atomic E-state index is 0. The lowest BCUT2D eigenvalue weighted by molar-refractivity contribution is 0.0695. The first kappa shape index (κ1) is 13.9. The number of carbonyl (C=O) groups is 1. The van der Waals surface area contributed by atoms with Crippen molar-refractivity contribution in [3.63, 3.8) is 0 Å². The van der Waals surface area contributed by atoms with Crippen molar-refractivity contribution in [3.8, 4) is 0 Å². The van der Waals surface area contributed by atoms with Crippen LogP contribution in [0.1, 0.15) is 29.8 Å². The molecular weight excluding hydrogens is 214 g/mol. The smallest absolute Gasteiger partial charge is 0.336 e. The van der Waals surface area contributed by atoms with Crippen LogP contribution in [0, 0.1) is 0 Å². The van der Waals surface area contributed by atoms with Crippen LogP contribution < -0.4 is 5.32 Å². The molecule has 0 aromatic heterocycles. The number of carboxylic acid groups (broad SMARTS) is 1. The largest absolute Gasteiger partial charge is 0.478 e. The van der Waals surface area contributed by atoms with Crippen LogP contribution in [-0.4, -0.2) is 17.1 Å². The van der Waals surface area contributed by atoms with Crippen molar-refractivity contribution in [2.75, 3.05) is 0 Å². The van der Waals surface area contributed by atoms with Crippen molar-refractivity contribution in [2.24, 2.45) is 0 Å². The summed E-state index contributed by atoms with van der Waals surface area (Å²) in [6, 6.07) is 7.40. The Hall–Kier alpha value is -1.06. The summed E-state index contributed by atoms with van der Waals surface area (Å²) >= 11 is 0. The maximum absolute atomic E-state index is 10.8. The second-order valence-corrected chi connectivity index (χ2v) is 3.50. The van der Waals surface area contributed by atoms with E-state index in [1.807, 2.05) is 26.0 Å². The molecule has 0 aliphatic heterocycles. The number of benzene rings is 1. The zero-order valence-electron chi connectivity index (χ0n) is 8.86. The zero-order chi connectivity index (χ0) is 10.6. The van der Waals surface area contributed by atoms with Gasteiger partial charge in [-0.25, -0.2) is 4.79 Å². The Morgan fingerprint density at radius 2 is 2.00 bits per heavy atom. The zero-order valence-corrected chi connectivity index (χ0v) is 9.67. The van der Waals surface area contributed by atoms with Gasteiger partial charge in [-0.2, -0.15) is 0 Å². The van der Waals surface area contributed by atoms with Crippen LogP contribution in [0.15, 0.2) is 24.3 Å². The molecule has 0 fully saturated rings. The molecule has 0 bridgehead atoms. The van der Waals surface area contributed by atoms with Gasteiger partial charge in [0, 0.05) is 12.6 Å². The van der Waals surface area contributed by atoms with Crippen molar-refractivity contribution in [1.29, 1.82) is 0 Å². The molecule has 0 unspecified atom stereocenters. The number of rotatable bonds is 4. The Morgan fingerprint density at radius 1 is 1.40 bits per heavy atom. The highest BCUT2D eigenvalue weighted by atomic mass is 35.5. The van der Waals surface area contributed by atoms with E-state index in [1.54, 1.807) is 12.1 Å². The normalized spacial score (nSPS) is 9.80. The third kappa shape index (κ3) is 4.32. The van der Waals surface area contributed by atoms with E-state index >= 15 is 0 Å².